The van der Waals surface area contributed by atoms with Crippen molar-refractivity contribution in [3.05, 3.63) is 58.2 Å². The van der Waals surface area contributed by atoms with Gasteiger partial charge in [0.05, 0.1) is 46.3 Å². The van der Waals surface area contributed by atoms with E-state index in [0.717, 1.165) is 70.4 Å². The van der Waals surface area contributed by atoms with Gasteiger partial charge in [0.15, 0.2) is 0 Å². The Morgan fingerprint density at radius 1 is 1.07 bits per heavy atom. The van der Waals surface area contributed by atoms with E-state index in [-0.39, 0.29) is 43.4 Å². The second-order valence-corrected chi connectivity index (χ2v) is 22.6. The topological polar surface area (TPSA) is 172 Å². The smallest absolute Gasteiger partial charge is 0.324 e. The van der Waals surface area contributed by atoms with Crippen molar-refractivity contribution >= 4 is 51.8 Å². The normalized spacial score (nSPS) is 21.7. The van der Waals surface area contributed by atoms with Gasteiger partial charge in [-0.05, 0) is 122 Å². The number of benzene rings is 1. The number of pyridine rings is 1. The van der Waals surface area contributed by atoms with E-state index in [2.05, 4.69) is 72.2 Å². The fourth-order valence-corrected chi connectivity index (χ4v) is 11.6. The molecule has 72 heavy (non-hydrogen) atoms. The number of aryl methyl sites for hydroxylation is 1. The first-order chi connectivity index (χ1) is 34.3. The number of nitrogens with zero attached hydrogens (tertiary/aromatic N) is 7. The largest absolute Gasteiger partial charge is 0.464 e. The van der Waals surface area contributed by atoms with E-state index < -0.39 is 52.8 Å². The number of carbonyl (C=O) groups excluding carboxylic acids is 5. The Balaban J connectivity index is 1.12. The van der Waals surface area contributed by atoms with Crippen LogP contribution in [0.15, 0.2) is 41.9 Å². The highest BCUT2D eigenvalue weighted by Gasteiger charge is 2.43. The number of rotatable bonds is 10. The molecule has 2 N–H and O–H groups in total. The van der Waals surface area contributed by atoms with Gasteiger partial charge in [0.25, 0.3) is 11.8 Å². The van der Waals surface area contributed by atoms with Gasteiger partial charge >= 0.3 is 5.97 Å². The minimum atomic E-state index is -1.08. The molecular formula is C55H73N9O7S. The van der Waals surface area contributed by atoms with Crippen molar-refractivity contribution in [1.82, 2.24) is 45.0 Å². The molecule has 3 aliphatic heterocycles. The Kier molecular flexibility index (Phi) is 15.9. The Morgan fingerprint density at radius 2 is 1.83 bits per heavy atom. The first-order valence-corrected chi connectivity index (χ1v) is 26.6. The molecule has 0 spiro atoms. The SMILES string of the molecule is CCn1c(-c2cccnc2[C@H](C)OC)c2c3cc(ccc31)-c1csc(n1)C[C@H](NC(=O)[C@H](C1CCCC1)N(C)C(=O)C1CCN(C(=O)C#CC(C)(C)N(C)C)C1)C(=O)N1CCC[C@H](N1)C(=O)OCC(C)(C)C2. The van der Waals surface area contributed by atoms with Crippen molar-refractivity contribution in [2.75, 3.05) is 54.5 Å². The predicted molar refractivity (Wildman–Crippen MR) is 278 cm³/mol. The number of nitrogens with one attached hydrogen (secondary N) is 2. The number of methoxy groups -OCH3 is 1. The maximum atomic E-state index is 14.9. The van der Waals surface area contributed by atoms with Gasteiger partial charge in [-0.2, -0.15) is 0 Å². The number of fused-ring (bicyclic) bond motifs is 6. The van der Waals surface area contributed by atoms with Gasteiger partial charge in [-0.1, -0.05) is 38.7 Å². The summed E-state index contributed by atoms with van der Waals surface area (Å²) >= 11 is 1.42. The van der Waals surface area contributed by atoms with Gasteiger partial charge in [0, 0.05) is 85.8 Å². The van der Waals surface area contributed by atoms with Crippen LogP contribution in [0.2, 0.25) is 0 Å². The predicted octanol–water partition coefficient (Wildman–Crippen LogP) is 6.41. The summed E-state index contributed by atoms with van der Waals surface area (Å²) in [5.74, 6) is 3.42. The van der Waals surface area contributed by atoms with Crippen molar-refractivity contribution < 1.29 is 33.4 Å². The Labute approximate surface area is 428 Å². The van der Waals surface area contributed by atoms with E-state index in [9.17, 15) is 24.0 Å². The molecule has 4 aliphatic rings. The zero-order valence-electron chi connectivity index (χ0n) is 43.8. The molecule has 5 atom stereocenters. The molecule has 3 aromatic heterocycles. The number of likely N-dealkylation sites (N-methyl/N-ethyl adjacent to an activating group) is 1. The van der Waals surface area contributed by atoms with Crippen LogP contribution in [0.4, 0.5) is 0 Å². The number of likely N-dealkylation sites (tertiary alicyclic amines) is 1. The van der Waals surface area contributed by atoms with Crippen LogP contribution < -0.4 is 10.7 Å². The van der Waals surface area contributed by atoms with Crippen molar-refractivity contribution in [3.8, 4) is 34.4 Å². The van der Waals surface area contributed by atoms with Crippen LogP contribution in [0.1, 0.15) is 109 Å². The van der Waals surface area contributed by atoms with Crippen LogP contribution in [0.25, 0.3) is 33.4 Å². The molecule has 0 radical (unpaired) electrons. The van der Waals surface area contributed by atoms with Crippen LogP contribution in [-0.2, 0) is 52.8 Å². The van der Waals surface area contributed by atoms with Gasteiger partial charge in [-0.25, -0.2) is 10.4 Å². The number of cyclic esters (lactones) is 1. The number of hydrogen-bond donors (Lipinski definition) is 2. The lowest BCUT2D eigenvalue weighted by molar-refractivity contribution is -0.155. The van der Waals surface area contributed by atoms with Crippen molar-refractivity contribution in [2.24, 2.45) is 17.3 Å². The molecule has 4 aromatic rings. The Hall–Kier alpha value is -5.67. The highest BCUT2D eigenvalue weighted by atomic mass is 32.1. The maximum absolute atomic E-state index is 14.9. The van der Waals surface area contributed by atoms with E-state index in [1.807, 2.05) is 51.2 Å². The van der Waals surface area contributed by atoms with E-state index in [4.69, 9.17) is 19.4 Å². The quantitative estimate of drug-likeness (QED) is 0.133. The van der Waals surface area contributed by atoms with Crippen molar-refractivity contribution in [2.45, 2.75) is 136 Å². The molecule has 1 unspecified atom stereocenters. The lowest BCUT2D eigenvalue weighted by Crippen LogP contribution is -2.62. The minimum absolute atomic E-state index is 0.0858. The summed E-state index contributed by atoms with van der Waals surface area (Å²) < 4.78 is 14.3. The molecule has 1 saturated carbocycles. The highest BCUT2D eigenvalue weighted by molar-refractivity contribution is 7.10. The van der Waals surface area contributed by atoms with Crippen molar-refractivity contribution in [3.63, 3.8) is 0 Å². The summed E-state index contributed by atoms with van der Waals surface area (Å²) in [5, 5.41) is 8.27. The first kappa shape index (κ1) is 52.6. The third kappa shape index (κ3) is 11.1. The lowest BCUT2D eigenvalue weighted by atomic mass is 9.84. The molecule has 16 nitrogen and oxygen atoms in total. The van der Waals surface area contributed by atoms with Crippen molar-refractivity contribution in [1.29, 1.82) is 0 Å². The first-order valence-electron chi connectivity index (χ1n) is 25.7. The summed E-state index contributed by atoms with van der Waals surface area (Å²) in [7, 11) is 7.18. The molecule has 1 aromatic carbocycles. The summed E-state index contributed by atoms with van der Waals surface area (Å²) in [6.07, 6.45) is 7.04. The maximum Gasteiger partial charge on any atom is 0.324 e. The van der Waals surface area contributed by atoms with Gasteiger partial charge in [0.2, 0.25) is 11.8 Å². The molecule has 4 amide bonds. The fraction of sp³-hybridized carbons (Fsp3) is 0.582. The van der Waals surface area contributed by atoms with Crippen LogP contribution in [0.5, 0.6) is 0 Å². The number of carbonyl (C=O) groups is 5. The molecule has 17 heteroatoms. The fourth-order valence-electron chi connectivity index (χ4n) is 10.8. The summed E-state index contributed by atoms with van der Waals surface area (Å²) in [6.45, 7) is 14.0. The number of thiazole rings is 1. The van der Waals surface area contributed by atoms with E-state index in [0.29, 0.717) is 50.3 Å². The lowest BCUT2D eigenvalue weighted by Gasteiger charge is -2.37. The molecule has 386 valence electrons. The zero-order chi connectivity index (χ0) is 51.6. The third-order valence-corrected chi connectivity index (χ3v) is 16.3. The second-order valence-electron chi connectivity index (χ2n) is 21.7. The second kappa shape index (κ2) is 21.8. The zero-order valence-corrected chi connectivity index (χ0v) is 44.6. The molecule has 3 fully saturated rings. The minimum Gasteiger partial charge on any atom is -0.464 e. The molecule has 2 saturated heterocycles. The molecule has 1 aliphatic carbocycles. The number of esters is 1. The molecule has 6 bridgehead atoms. The molecule has 6 heterocycles. The van der Waals surface area contributed by atoms with Gasteiger partial charge in [-0.3, -0.25) is 38.9 Å². The summed E-state index contributed by atoms with van der Waals surface area (Å²) in [4.78, 5) is 86.5. The molecule has 8 rings (SSSR count). The number of ether oxygens (including phenoxy) is 2. The van der Waals surface area contributed by atoms with Gasteiger partial charge < -0.3 is 29.2 Å². The van der Waals surface area contributed by atoms with E-state index in [1.54, 1.807) is 30.2 Å². The summed E-state index contributed by atoms with van der Waals surface area (Å²) in [6, 6.07) is 7.74. The number of hydrazine groups is 1. The van der Waals surface area contributed by atoms with E-state index >= 15 is 0 Å². The average Bonchev–Trinajstić information content (AvgIpc) is 4.22. The monoisotopic (exact) mass is 1000 g/mol. The number of amides is 4. The van der Waals surface area contributed by atoms with Crippen LogP contribution in [0, 0.1) is 29.1 Å². The highest BCUT2D eigenvalue weighted by Crippen LogP contribution is 2.42. The third-order valence-electron chi connectivity index (χ3n) is 15.5. The Bertz CT molecular complexity index is 2750. The molecular weight excluding hydrogens is 931 g/mol. The van der Waals surface area contributed by atoms with E-state index in [1.165, 1.54) is 16.3 Å². The summed E-state index contributed by atoms with van der Waals surface area (Å²) in [5.41, 5.74) is 8.82. The van der Waals surface area contributed by atoms with Gasteiger partial charge in [-0.15, -0.1) is 11.3 Å². The van der Waals surface area contributed by atoms with Crippen LogP contribution in [-0.4, -0.2) is 142 Å². The average molecular weight is 1000 g/mol. The standard InChI is InChI=1S/C55H73N9O7S/c1-11-63-44-21-20-36-28-39(44)40(49(63)38-18-14-25-56-47(38)34(2)70-10)30-54(3,4)33-71-53(69)41-19-15-26-64(59-41)52(68)42(29-45-57-43(36)32-72-45)58-50(66)48(35-16-12-13-17-35)61(9)51(67)37-23-27-62(31-37)46(65)22-24-55(5,6)60(7)8/h14,18,20-21,25,28,32,34-35,37,41-42,48,59H,11-13,15-17,19,23,26-27,29-31,33H2,1-10H3,(H,58,66)/t34-,37?,41-,42-,48-/m0/s1. The van der Waals surface area contributed by atoms with Crippen LogP contribution >= 0.6 is 11.3 Å². The Morgan fingerprint density at radius 3 is 2.56 bits per heavy atom. The van der Waals surface area contributed by atoms with Crippen LogP contribution in [0.3, 0.4) is 0 Å². The van der Waals surface area contributed by atoms with Gasteiger partial charge in [0.1, 0.15) is 18.1 Å². The number of hydrogen-bond acceptors (Lipinski definition) is 12. The number of aromatic nitrogens is 3.